The monoisotopic (exact) mass is 409 g/mol. The molecule has 2 aromatic heterocycles. The molecular weight excluding hydrogens is 387 g/mol. The topological polar surface area (TPSA) is 89.0 Å². The van der Waals surface area contributed by atoms with E-state index in [1.165, 1.54) is 24.5 Å². The highest BCUT2D eigenvalue weighted by Gasteiger charge is 2.33. The summed E-state index contributed by atoms with van der Waals surface area (Å²) in [4.78, 5) is 23.1. The summed E-state index contributed by atoms with van der Waals surface area (Å²) in [5.74, 6) is -0.0239. The number of pyridine rings is 1. The minimum atomic E-state index is -4.60. The maximum Gasteiger partial charge on any atom is 0.433 e. The van der Waals surface area contributed by atoms with E-state index in [2.05, 4.69) is 25.6 Å². The molecule has 0 atom stereocenters. The number of halogens is 3. The number of nitrogens with zero attached hydrogens (tertiary/aromatic N) is 3. The molecule has 0 radical (unpaired) electrons. The van der Waals surface area contributed by atoms with Crippen molar-refractivity contribution in [3.63, 3.8) is 0 Å². The number of ether oxygens (including phenoxy) is 1. The maximum absolute atomic E-state index is 13.1. The van der Waals surface area contributed by atoms with E-state index in [0.29, 0.717) is 5.56 Å². The van der Waals surface area contributed by atoms with Gasteiger partial charge in [-0.3, -0.25) is 4.98 Å². The number of rotatable bonds is 6. The first kappa shape index (κ1) is 22.1. The van der Waals surface area contributed by atoms with E-state index in [9.17, 15) is 18.0 Å². The van der Waals surface area contributed by atoms with Gasteiger partial charge in [0.25, 0.3) is 0 Å². The van der Waals surface area contributed by atoms with Gasteiger partial charge in [-0.05, 0) is 32.9 Å². The Balaban J connectivity index is 1.99. The smallest absolute Gasteiger partial charge is 0.433 e. The second-order valence-corrected chi connectivity index (χ2v) is 6.93. The van der Waals surface area contributed by atoms with E-state index in [1.54, 1.807) is 32.9 Å². The average Bonchev–Trinajstić information content (AvgIpc) is 2.63. The zero-order valence-corrected chi connectivity index (χ0v) is 16.2. The van der Waals surface area contributed by atoms with E-state index < -0.39 is 23.6 Å². The van der Waals surface area contributed by atoms with Crippen LogP contribution in [0.3, 0.4) is 0 Å². The molecule has 0 saturated carbocycles. The fourth-order valence-electron chi connectivity index (χ4n) is 2.10. The summed E-state index contributed by atoms with van der Waals surface area (Å²) < 4.78 is 44.5. The van der Waals surface area contributed by atoms with Gasteiger partial charge in [0.2, 0.25) is 0 Å². The minimum Gasteiger partial charge on any atom is -0.444 e. The first-order valence-electron chi connectivity index (χ1n) is 8.77. The summed E-state index contributed by atoms with van der Waals surface area (Å²) in [6, 6.07) is 3.90. The van der Waals surface area contributed by atoms with Gasteiger partial charge in [0.15, 0.2) is 11.5 Å². The van der Waals surface area contributed by atoms with Crippen molar-refractivity contribution in [1.82, 2.24) is 20.3 Å². The van der Waals surface area contributed by atoms with Crippen molar-refractivity contribution in [3.8, 4) is 11.4 Å². The van der Waals surface area contributed by atoms with Crippen molar-refractivity contribution in [2.75, 3.05) is 18.4 Å². The number of aromatic nitrogens is 3. The fraction of sp³-hybridized carbons (Fsp3) is 0.368. The number of carbonyl (C=O) groups is 1. The van der Waals surface area contributed by atoms with E-state index in [4.69, 9.17) is 4.74 Å². The van der Waals surface area contributed by atoms with E-state index >= 15 is 0 Å². The molecular formula is C19H22F3N5O2. The van der Waals surface area contributed by atoms with Crippen LogP contribution in [0.15, 0.2) is 42.7 Å². The van der Waals surface area contributed by atoms with Crippen LogP contribution in [0, 0.1) is 0 Å². The van der Waals surface area contributed by atoms with Crippen LogP contribution < -0.4 is 10.6 Å². The van der Waals surface area contributed by atoms with Crippen molar-refractivity contribution in [2.45, 2.75) is 32.5 Å². The highest BCUT2D eigenvalue weighted by atomic mass is 19.4. The largest absolute Gasteiger partial charge is 0.444 e. The molecule has 1 amide bonds. The zero-order chi connectivity index (χ0) is 21.5. The molecule has 0 aliphatic rings. The number of carbonyl (C=O) groups excluding carboxylic acids is 1. The van der Waals surface area contributed by atoms with Gasteiger partial charge in [-0.25, -0.2) is 14.8 Å². The second kappa shape index (κ2) is 9.35. The summed E-state index contributed by atoms with van der Waals surface area (Å²) in [5, 5.41) is 5.34. The number of alkyl carbamates (subject to hydrolysis) is 1. The number of anilines is 1. The van der Waals surface area contributed by atoms with Crippen molar-refractivity contribution >= 4 is 11.9 Å². The highest BCUT2D eigenvalue weighted by Crippen LogP contribution is 2.30. The number of amides is 1. The molecule has 29 heavy (non-hydrogen) atoms. The van der Waals surface area contributed by atoms with Crippen LogP contribution in [0.4, 0.5) is 23.8 Å². The molecule has 0 spiro atoms. The second-order valence-electron chi connectivity index (χ2n) is 6.93. The summed E-state index contributed by atoms with van der Waals surface area (Å²) >= 11 is 0. The van der Waals surface area contributed by atoms with Gasteiger partial charge in [-0.2, -0.15) is 13.2 Å². The first-order chi connectivity index (χ1) is 13.5. The lowest BCUT2D eigenvalue weighted by atomic mass is 10.2. The van der Waals surface area contributed by atoms with E-state index in [-0.39, 0.29) is 24.7 Å². The maximum atomic E-state index is 13.1. The third-order valence-corrected chi connectivity index (χ3v) is 3.29. The first-order valence-corrected chi connectivity index (χ1v) is 8.77. The molecule has 2 heterocycles. The summed E-state index contributed by atoms with van der Waals surface area (Å²) in [7, 11) is 0. The predicted octanol–water partition coefficient (Wildman–Crippen LogP) is 4.05. The fourth-order valence-corrected chi connectivity index (χ4v) is 2.10. The molecule has 0 bridgehead atoms. The Morgan fingerprint density at radius 2 is 1.76 bits per heavy atom. The van der Waals surface area contributed by atoms with E-state index in [0.717, 1.165) is 6.07 Å². The van der Waals surface area contributed by atoms with Crippen LogP contribution in [0.1, 0.15) is 26.5 Å². The van der Waals surface area contributed by atoms with Gasteiger partial charge >= 0.3 is 12.3 Å². The van der Waals surface area contributed by atoms with Crippen LogP contribution in [0.25, 0.3) is 11.4 Å². The normalized spacial score (nSPS) is 12.1. The lowest BCUT2D eigenvalue weighted by Crippen LogP contribution is -2.32. The van der Waals surface area contributed by atoms with Gasteiger partial charge in [0.1, 0.15) is 11.4 Å². The molecule has 156 valence electrons. The molecule has 7 nitrogen and oxygen atoms in total. The predicted molar refractivity (Wildman–Crippen MR) is 102 cm³/mol. The summed E-state index contributed by atoms with van der Waals surface area (Å²) in [6.45, 7) is 5.69. The van der Waals surface area contributed by atoms with Gasteiger partial charge in [0, 0.05) is 37.1 Å². The molecule has 0 aliphatic heterocycles. The molecule has 0 unspecified atom stereocenters. The number of nitrogens with one attached hydrogen (secondary N) is 2. The lowest BCUT2D eigenvalue weighted by Gasteiger charge is -2.19. The van der Waals surface area contributed by atoms with Crippen molar-refractivity contribution in [3.05, 3.63) is 48.4 Å². The number of hydrogen-bond donors (Lipinski definition) is 2. The quantitative estimate of drug-likeness (QED) is 0.700. The Hall–Kier alpha value is -3.17. The molecule has 2 N–H and O–H groups in total. The van der Waals surface area contributed by atoms with Gasteiger partial charge in [0.05, 0.1) is 0 Å². The van der Waals surface area contributed by atoms with Crippen molar-refractivity contribution in [1.29, 1.82) is 0 Å². The van der Waals surface area contributed by atoms with Crippen LogP contribution in [0.2, 0.25) is 0 Å². The molecule has 2 aromatic rings. The Kier molecular flexibility index (Phi) is 7.13. The zero-order valence-electron chi connectivity index (χ0n) is 16.2. The molecule has 10 heteroatoms. The third-order valence-electron chi connectivity index (χ3n) is 3.29. The Morgan fingerprint density at radius 3 is 2.38 bits per heavy atom. The SMILES string of the molecule is CC(C)(C)OC(=O)NC/C=C/CNc1cc(C(F)(F)F)nc(-c2ccncc2)n1. The average molecular weight is 409 g/mol. The Labute approximate surface area is 166 Å². The van der Waals surface area contributed by atoms with E-state index in [1.807, 2.05) is 0 Å². The summed E-state index contributed by atoms with van der Waals surface area (Å²) in [6.07, 6.45) is 1.04. The number of alkyl halides is 3. The van der Waals surface area contributed by atoms with Crippen LogP contribution in [-0.4, -0.2) is 39.7 Å². The van der Waals surface area contributed by atoms with Crippen LogP contribution in [0.5, 0.6) is 0 Å². The Bertz CT molecular complexity index is 849. The van der Waals surface area contributed by atoms with Crippen LogP contribution in [-0.2, 0) is 10.9 Å². The molecule has 0 aromatic carbocycles. The van der Waals surface area contributed by atoms with Gasteiger partial charge < -0.3 is 15.4 Å². The standard InChI is InChI=1S/C19H22F3N5O2/c1-18(2,3)29-17(28)25-9-5-4-8-24-15-12-14(19(20,21)22)26-16(27-15)13-6-10-23-11-7-13/h4-7,10-12H,8-9H2,1-3H3,(H,25,28)(H,24,26,27)/b5-4+. The number of hydrogen-bond acceptors (Lipinski definition) is 6. The van der Waals surface area contributed by atoms with Crippen LogP contribution >= 0.6 is 0 Å². The Morgan fingerprint density at radius 1 is 1.10 bits per heavy atom. The molecule has 0 aliphatic carbocycles. The third kappa shape index (κ3) is 7.76. The van der Waals surface area contributed by atoms with Crippen molar-refractivity contribution < 1.29 is 22.7 Å². The minimum absolute atomic E-state index is 0.0314. The summed E-state index contributed by atoms with van der Waals surface area (Å²) in [5.41, 5.74) is -1.21. The van der Waals surface area contributed by atoms with Gasteiger partial charge in [-0.15, -0.1) is 0 Å². The van der Waals surface area contributed by atoms with Gasteiger partial charge in [-0.1, -0.05) is 12.2 Å². The highest BCUT2D eigenvalue weighted by molar-refractivity contribution is 5.67. The molecule has 2 rings (SSSR count). The van der Waals surface area contributed by atoms with Crippen molar-refractivity contribution in [2.24, 2.45) is 0 Å². The molecule has 0 fully saturated rings. The lowest BCUT2D eigenvalue weighted by molar-refractivity contribution is -0.141. The molecule has 0 saturated heterocycles.